The largest absolute Gasteiger partial charge is 0.497 e. The second-order valence-electron chi connectivity index (χ2n) is 6.50. The number of nitrogens with one attached hydrogen (secondary N) is 2. The van der Waals surface area contributed by atoms with Gasteiger partial charge >= 0.3 is 0 Å². The van der Waals surface area contributed by atoms with E-state index in [9.17, 15) is 5.11 Å². The van der Waals surface area contributed by atoms with E-state index in [0.717, 1.165) is 50.7 Å². The molecule has 1 aromatic rings. The van der Waals surface area contributed by atoms with Crippen LogP contribution >= 0.6 is 0 Å². The summed E-state index contributed by atoms with van der Waals surface area (Å²) in [5.41, 5.74) is 1.23. The molecule has 1 saturated heterocycles. The molecule has 1 unspecified atom stereocenters. The van der Waals surface area contributed by atoms with Crippen LogP contribution in [0.25, 0.3) is 0 Å². The minimum atomic E-state index is -0.0207. The molecule has 1 aliphatic heterocycles. The van der Waals surface area contributed by atoms with E-state index >= 15 is 0 Å². The van der Waals surface area contributed by atoms with Crippen LogP contribution in [0, 0.1) is 5.41 Å². The van der Waals surface area contributed by atoms with Gasteiger partial charge in [0, 0.05) is 31.7 Å². The van der Waals surface area contributed by atoms with Crippen LogP contribution in [-0.4, -0.2) is 57.6 Å². The van der Waals surface area contributed by atoms with Gasteiger partial charge in [-0.05, 0) is 43.9 Å². The molecule has 1 heterocycles. The number of hydrogen-bond donors (Lipinski definition) is 3. The van der Waals surface area contributed by atoms with E-state index in [0.29, 0.717) is 13.2 Å². The number of ether oxygens (including phenoxy) is 2. The molecule has 2 rings (SSSR count). The van der Waals surface area contributed by atoms with Crippen LogP contribution in [0.4, 0.5) is 0 Å². The second-order valence-corrected chi connectivity index (χ2v) is 6.50. The van der Waals surface area contributed by atoms with Crippen LogP contribution in [0.15, 0.2) is 29.3 Å². The number of aliphatic hydroxyl groups is 1. The molecule has 3 N–H and O–H groups in total. The van der Waals surface area contributed by atoms with E-state index in [4.69, 9.17) is 14.5 Å². The molecule has 1 fully saturated rings. The van der Waals surface area contributed by atoms with Gasteiger partial charge < -0.3 is 25.2 Å². The molecule has 6 nitrogen and oxygen atoms in total. The van der Waals surface area contributed by atoms with Crippen LogP contribution in [0.5, 0.6) is 5.75 Å². The molecule has 0 saturated carbocycles. The smallest absolute Gasteiger partial charge is 0.191 e. The van der Waals surface area contributed by atoms with Gasteiger partial charge in [0.25, 0.3) is 0 Å². The fraction of sp³-hybridized carbons (Fsp3) is 0.632. The first kappa shape index (κ1) is 19.5. The van der Waals surface area contributed by atoms with Crippen molar-refractivity contribution in [2.45, 2.75) is 26.2 Å². The van der Waals surface area contributed by atoms with Crippen molar-refractivity contribution in [3.05, 3.63) is 29.8 Å². The summed E-state index contributed by atoms with van der Waals surface area (Å²) < 4.78 is 10.7. The molecular weight excluding hydrogens is 318 g/mol. The highest BCUT2D eigenvalue weighted by atomic mass is 16.5. The summed E-state index contributed by atoms with van der Waals surface area (Å²) in [6, 6.07) is 8.12. The first-order chi connectivity index (χ1) is 12.2. The summed E-state index contributed by atoms with van der Waals surface area (Å²) >= 11 is 0. The fourth-order valence-corrected chi connectivity index (χ4v) is 2.99. The minimum absolute atomic E-state index is 0.0207. The molecule has 1 atom stereocenters. The van der Waals surface area contributed by atoms with Gasteiger partial charge in [-0.2, -0.15) is 0 Å². The number of aliphatic hydroxyl groups excluding tert-OH is 1. The number of aliphatic imine (C=N–C) groups is 1. The fourth-order valence-electron chi connectivity index (χ4n) is 2.99. The Morgan fingerprint density at radius 2 is 2.12 bits per heavy atom. The Hall–Kier alpha value is -1.79. The van der Waals surface area contributed by atoms with Gasteiger partial charge in [-0.1, -0.05) is 12.1 Å². The Morgan fingerprint density at radius 3 is 2.72 bits per heavy atom. The summed E-state index contributed by atoms with van der Waals surface area (Å²) in [6.45, 7) is 5.98. The molecule has 0 spiro atoms. The van der Waals surface area contributed by atoms with Crippen LogP contribution in [0.2, 0.25) is 0 Å². The van der Waals surface area contributed by atoms with Gasteiger partial charge in [-0.3, -0.25) is 4.99 Å². The first-order valence-corrected chi connectivity index (χ1v) is 9.05. The van der Waals surface area contributed by atoms with E-state index in [2.05, 4.69) is 29.7 Å². The van der Waals surface area contributed by atoms with E-state index in [-0.39, 0.29) is 12.0 Å². The zero-order valence-electron chi connectivity index (χ0n) is 15.4. The molecule has 140 valence electrons. The van der Waals surface area contributed by atoms with Crippen LogP contribution in [0.3, 0.4) is 0 Å². The van der Waals surface area contributed by atoms with Crippen LogP contribution < -0.4 is 15.4 Å². The number of hydrogen-bond acceptors (Lipinski definition) is 4. The molecular formula is C19H31N3O3. The van der Waals surface area contributed by atoms with Gasteiger partial charge in [0.05, 0.1) is 20.3 Å². The standard InChI is InChI=1S/C19H31N3O3/c1-3-20-18(22-14-19(9-12-23)10-13-25-15-19)21-11-8-16-4-6-17(24-2)7-5-16/h4-7,23H,3,8-15H2,1-2H3,(H2,20,21,22). The van der Waals surface area contributed by atoms with E-state index in [1.807, 2.05) is 12.1 Å². The van der Waals surface area contributed by atoms with Gasteiger partial charge in [0.2, 0.25) is 0 Å². The maximum atomic E-state index is 9.32. The minimum Gasteiger partial charge on any atom is -0.497 e. The highest BCUT2D eigenvalue weighted by Crippen LogP contribution is 2.32. The Balaban J connectivity index is 1.86. The highest BCUT2D eigenvalue weighted by Gasteiger charge is 2.34. The summed E-state index contributed by atoms with van der Waals surface area (Å²) in [5, 5.41) is 16.0. The van der Waals surface area contributed by atoms with Crippen molar-refractivity contribution in [1.82, 2.24) is 10.6 Å². The maximum Gasteiger partial charge on any atom is 0.191 e. The van der Waals surface area contributed by atoms with E-state index in [1.165, 1.54) is 5.56 Å². The highest BCUT2D eigenvalue weighted by molar-refractivity contribution is 5.79. The van der Waals surface area contributed by atoms with Crippen LogP contribution in [-0.2, 0) is 11.2 Å². The third kappa shape index (κ3) is 6.21. The summed E-state index contributed by atoms with van der Waals surface area (Å²) in [6.07, 6.45) is 2.61. The molecule has 0 radical (unpaired) electrons. The monoisotopic (exact) mass is 349 g/mol. The van der Waals surface area contributed by atoms with E-state index in [1.54, 1.807) is 7.11 Å². The molecule has 1 aliphatic rings. The number of nitrogens with zero attached hydrogens (tertiary/aromatic N) is 1. The Morgan fingerprint density at radius 1 is 1.32 bits per heavy atom. The van der Waals surface area contributed by atoms with Gasteiger partial charge in [0.15, 0.2) is 5.96 Å². The molecule has 0 aromatic heterocycles. The van der Waals surface area contributed by atoms with Crippen molar-refractivity contribution in [3.8, 4) is 5.75 Å². The Bertz CT molecular complexity index is 525. The lowest BCUT2D eigenvalue weighted by Gasteiger charge is -2.24. The van der Waals surface area contributed by atoms with Crippen molar-refractivity contribution >= 4 is 5.96 Å². The first-order valence-electron chi connectivity index (χ1n) is 9.05. The Labute approximate surface area is 150 Å². The summed E-state index contributed by atoms with van der Waals surface area (Å²) in [5.74, 6) is 1.69. The van der Waals surface area contributed by atoms with Crippen molar-refractivity contribution in [2.75, 3.05) is 46.6 Å². The second kappa shape index (κ2) is 10.3. The number of benzene rings is 1. The summed E-state index contributed by atoms with van der Waals surface area (Å²) in [7, 11) is 1.68. The summed E-state index contributed by atoms with van der Waals surface area (Å²) in [4.78, 5) is 4.73. The van der Waals surface area contributed by atoms with Crippen molar-refractivity contribution in [1.29, 1.82) is 0 Å². The van der Waals surface area contributed by atoms with Gasteiger partial charge in [0.1, 0.15) is 5.75 Å². The topological polar surface area (TPSA) is 75.1 Å². The zero-order valence-corrected chi connectivity index (χ0v) is 15.4. The third-order valence-electron chi connectivity index (χ3n) is 4.61. The molecule has 0 aliphatic carbocycles. The predicted octanol–water partition coefficient (Wildman–Crippen LogP) is 1.58. The maximum absolute atomic E-state index is 9.32. The van der Waals surface area contributed by atoms with Crippen molar-refractivity contribution in [3.63, 3.8) is 0 Å². The number of guanidine groups is 1. The zero-order chi connectivity index (χ0) is 18.0. The number of methoxy groups -OCH3 is 1. The van der Waals surface area contributed by atoms with Crippen LogP contribution in [0.1, 0.15) is 25.3 Å². The molecule has 0 amide bonds. The lowest BCUT2D eigenvalue weighted by atomic mass is 9.84. The third-order valence-corrected chi connectivity index (χ3v) is 4.61. The van der Waals surface area contributed by atoms with Gasteiger partial charge in [-0.25, -0.2) is 0 Å². The van der Waals surface area contributed by atoms with Crippen molar-refractivity contribution < 1.29 is 14.6 Å². The SMILES string of the molecule is CCNC(=NCC1(CCO)CCOC1)NCCc1ccc(OC)cc1. The van der Waals surface area contributed by atoms with E-state index < -0.39 is 0 Å². The molecule has 6 heteroatoms. The predicted molar refractivity (Wildman–Crippen MR) is 100 cm³/mol. The lowest BCUT2D eigenvalue weighted by Crippen LogP contribution is -2.39. The molecule has 1 aromatic carbocycles. The normalized spacial score (nSPS) is 20.5. The molecule has 25 heavy (non-hydrogen) atoms. The van der Waals surface area contributed by atoms with Crippen molar-refractivity contribution in [2.24, 2.45) is 10.4 Å². The van der Waals surface area contributed by atoms with Gasteiger partial charge in [-0.15, -0.1) is 0 Å². The lowest BCUT2D eigenvalue weighted by molar-refractivity contribution is 0.131. The Kier molecular flexibility index (Phi) is 8.01. The number of rotatable bonds is 9. The molecule has 0 bridgehead atoms. The quantitative estimate of drug-likeness (QED) is 0.466. The average Bonchev–Trinajstić information content (AvgIpc) is 3.09. The average molecular weight is 349 g/mol.